The summed E-state index contributed by atoms with van der Waals surface area (Å²) in [7, 11) is 0. The van der Waals surface area contributed by atoms with Crippen LogP contribution in [0.25, 0.3) is 0 Å². The molecule has 2 atom stereocenters. The molecule has 0 saturated carbocycles. The van der Waals surface area contributed by atoms with E-state index in [1.54, 1.807) is 0 Å². The Hall–Kier alpha value is -0.400. The van der Waals surface area contributed by atoms with Crippen LogP contribution in [0.4, 0.5) is 0 Å². The Bertz CT molecular complexity index is 332. The molecule has 0 radical (unpaired) electrons. The Morgan fingerprint density at radius 1 is 1.06 bits per heavy atom. The van der Waals surface area contributed by atoms with Gasteiger partial charge in [0, 0.05) is 11.1 Å². The maximum absolute atomic E-state index is 10.1. The zero-order valence-electron chi connectivity index (χ0n) is 9.93. The van der Waals surface area contributed by atoms with Crippen molar-refractivity contribution in [2.75, 3.05) is 0 Å². The van der Waals surface area contributed by atoms with Crippen LogP contribution in [0.2, 0.25) is 0 Å². The first-order chi connectivity index (χ1) is 7.51. The zero-order valence-corrected chi connectivity index (χ0v) is 11.4. The van der Waals surface area contributed by atoms with E-state index >= 15 is 0 Å². The van der Waals surface area contributed by atoms with E-state index < -0.39 is 0 Å². The van der Waals surface area contributed by atoms with Crippen LogP contribution in [0, 0.1) is 6.92 Å². The lowest BCUT2D eigenvalue weighted by molar-refractivity contribution is 0.458. The molecular formula is C13H18Cl2O. The van der Waals surface area contributed by atoms with Crippen molar-refractivity contribution in [3.05, 3.63) is 28.8 Å². The normalized spacial score (nSPS) is 14.8. The molecule has 16 heavy (non-hydrogen) atoms. The summed E-state index contributed by atoms with van der Waals surface area (Å²) in [5, 5.41) is 9.84. The van der Waals surface area contributed by atoms with Crippen molar-refractivity contribution in [1.29, 1.82) is 0 Å². The third-order valence-corrected chi connectivity index (χ3v) is 3.79. The number of aryl methyl sites for hydroxylation is 1. The maximum atomic E-state index is 10.1. The molecule has 0 aliphatic carbocycles. The lowest BCUT2D eigenvalue weighted by atomic mass is 9.98. The Balaban J connectivity index is 3.25. The van der Waals surface area contributed by atoms with Gasteiger partial charge in [-0.25, -0.2) is 0 Å². The highest BCUT2D eigenvalue weighted by Crippen LogP contribution is 2.39. The third kappa shape index (κ3) is 2.83. The molecule has 1 aromatic rings. The number of benzene rings is 1. The van der Waals surface area contributed by atoms with Crippen molar-refractivity contribution < 1.29 is 5.11 Å². The summed E-state index contributed by atoms with van der Waals surface area (Å²) in [5.41, 5.74) is 2.66. The van der Waals surface area contributed by atoms with E-state index in [1.807, 2.05) is 32.9 Å². The molecule has 1 N–H and O–H groups in total. The second-order valence-electron chi connectivity index (χ2n) is 4.04. The van der Waals surface area contributed by atoms with Crippen molar-refractivity contribution in [3.8, 4) is 5.75 Å². The average molecular weight is 261 g/mol. The molecule has 0 spiro atoms. The molecule has 0 heterocycles. The van der Waals surface area contributed by atoms with Crippen molar-refractivity contribution in [2.45, 2.75) is 44.4 Å². The van der Waals surface area contributed by atoms with Crippen LogP contribution in [-0.2, 0) is 0 Å². The van der Waals surface area contributed by atoms with E-state index in [4.69, 9.17) is 23.2 Å². The molecule has 0 aliphatic rings. The smallest absolute Gasteiger partial charge is 0.124 e. The van der Waals surface area contributed by atoms with Gasteiger partial charge in [0.15, 0.2) is 0 Å². The van der Waals surface area contributed by atoms with Gasteiger partial charge in [0.2, 0.25) is 0 Å². The summed E-state index contributed by atoms with van der Waals surface area (Å²) in [6.45, 7) is 5.99. The second kappa shape index (κ2) is 5.79. The van der Waals surface area contributed by atoms with E-state index in [1.165, 1.54) is 0 Å². The van der Waals surface area contributed by atoms with Crippen LogP contribution >= 0.6 is 23.2 Å². The van der Waals surface area contributed by atoms with E-state index in [9.17, 15) is 5.11 Å². The lowest BCUT2D eigenvalue weighted by Crippen LogP contribution is -1.97. The van der Waals surface area contributed by atoms with Crippen LogP contribution < -0.4 is 0 Å². The number of aromatic hydroxyl groups is 1. The van der Waals surface area contributed by atoms with Gasteiger partial charge in [-0.3, -0.25) is 0 Å². The second-order valence-corrected chi connectivity index (χ2v) is 5.10. The Kier molecular flexibility index (Phi) is 4.94. The number of hydrogen-bond acceptors (Lipinski definition) is 1. The van der Waals surface area contributed by atoms with E-state index in [0.717, 1.165) is 29.5 Å². The summed E-state index contributed by atoms with van der Waals surface area (Å²) >= 11 is 12.4. The predicted octanol–water partition coefficient (Wildman–Crippen LogP) is 5.08. The van der Waals surface area contributed by atoms with Gasteiger partial charge >= 0.3 is 0 Å². The largest absolute Gasteiger partial charge is 0.507 e. The summed E-state index contributed by atoms with van der Waals surface area (Å²) < 4.78 is 0. The molecule has 1 rings (SSSR count). The Morgan fingerprint density at radius 2 is 1.44 bits per heavy atom. The maximum Gasteiger partial charge on any atom is 0.124 e. The first-order valence-corrected chi connectivity index (χ1v) is 6.50. The van der Waals surface area contributed by atoms with E-state index in [2.05, 4.69) is 0 Å². The van der Waals surface area contributed by atoms with Crippen molar-refractivity contribution >= 4 is 23.2 Å². The standard InChI is InChI=1S/C13H18Cl2O/c1-4-11(14)9-6-8(3)7-10(13(9)16)12(15)5-2/h6-7,11-12,16H,4-5H2,1-3H3. The average Bonchev–Trinajstić information content (AvgIpc) is 2.29. The number of rotatable bonds is 4. The van der Waals surface area contributed by atoms with Gasteiger partial charge in [-0.15, -0.1) is 23.2 Å². The molecule has 0 saturated heterocycles. The fourth-order valence-corrected chi connectivity index (χ4v) is 2.09. The lowest BCUT2D eigenvalue weighted by Gasteiger charge is -2.17. The SMILES string of the molecule is CCC(Cl)c1cc(C)cc(C(Cl)CC)c1O. The molecule has 0 fully saturated rings. The minimum Gasteiger partial charge on any atom is -0.507 e. The minimum atomic E-state index is -0.153. The molecule has 0 aromatic heterocycles. The van der Waals surface area contributed by atoms with E-state index in [0.29, 0.717) is 0 Å². The van der Waals surface area contributed by atoms with Crippen molar-refractivity contribution in [2.24, 2.45) is 0 Å². The third-order valence-electron chi connectivity index (χ3n) is 2.70. The summed E-state index contributed by atoms with van der Waals surface area (Å²) in [5.74, 6) is 0.259. The minimum absolute atomic E-state index is 0.153. The van der Waals surface area contributed by atoms with Crippen LogP contribution in [0.1, 0.15) is 54.1 Å². The molecule has 3 heteroatoms. The summed E-state index contributed by atoms with van der Waals surface area (Å²) in [4.78, 5) is 0. The van der Waals surface area contributed by atoms with Gasteiger partial charge < -0.3 is 5.11 Å². The molecule has 2 unspecified atom stereocenters. The Morgan fingerprint density at radius 3 is 1.75 bits per heavy atom. The van der Waals surface area contributed by atoms with Gasteiger partial charge in [0.25, 0.3) is 0 Å². The molecule has 90 valence electrons. The van der Waals surface area contributed by atoms with E-state index in [-0.39, 0.29) is 16.5 Å². The zero-order chi connectivity index (χ0) is 12.3. The van der Waals surface area contributed by atoms with Gasteiger partial charge in [0.05, 0.1) is 10.8 Å². The fourth-order valence-electron chi connectivity index (χ4n) is 1.75. The highest BCUT2D eigenvalue weighted by atomic mass is 35.5. The van der Waals surface area contributed by atoms with Crippen LogP contribution in [0.5, 0.6) is 5.75 Å². The first kappa shape index (κ1) is 13.7. The van der Waals surface area contributed by atoms with Gasteiger partial charge in [-0.05, 0) is 19.8 Å². The van der Waals surface area contributed by atoms with Gasteiger partial charge in [-0.1, -0.05) is 31.5 Å². The highest BCUT2D eigenvalue weighted by Gasteiger charge is 2.18. The molecule has 0 bridgehead atoms. The van der Waals surface area contributed by atoms with Gasteiger partial charge in [-0.2, -0.15) is 0 Å². The first-order valence-electron chi connectivity index (χ1n) is 5.62. The summed E-state index contributed by atoms with van der Waals surface area (Å²) in [6.07, 6.45) is 1.58. The molecule has 0 amide bonds. The number of phenolic OH excluding ortho intramolecular Hbond substituents is 1. The molecule has 1 nitrogen and oxygen atoms in total. The summed E-state index contributed by atoms with van der Waals surface area (Å²) in [6, 6.07) is 3.86. The topological polar surface area (TPSA) is 20.2 Å². The van der Waals surface area contributed by atoms with Crippen LogP contribution in [0.15, 0.2) is 12.1 Å². The quantitative estimate of drug-likeness (QED) is 0.749. The van der Waals surface area contributed by atoms with Gasteiger partial charge in [0.1, 0.15) is 5.75 Å². The number of halogens is 2. The monoisotopic (exact) mass is 260 g/mol. The van der Waals surface area contributed by atoms with Crippen molar-refractivity contribution in [3.63, 3.8) is 0 Å². The number of phenols is 1. The molecular weight excluding hydrogens is 243 g/mol. The highest BCUT2D eigenvalue weighted by molar-refractivity contribution is 6.22. The number of hydrogen-bond donors (Lipinski definition) is 1. The molecule has 0 aliphatic heterocycles. The fraction of sp³-hybridized carbons (Fsp3) is 0.538. The van der Waals surface area contributed by atoms with Crippen LogP contribution in [-0.4, -0.2) is 5.11 Å². The Labute approximate surface area is 107 Å². The molecule has 1 aromatic carbocycles. The number of alkyl halides is 2. The van der Waals surface area contributed by atoms with Crippen LogP contribution in [0.3, 0.4) is 0 Å². The predicted molar refractivity (Wildman–Crippen MR) is 70.6 cm³/mol. The van der Waals surface area contributed by atoms with Crippen molar-refractivity contribution in [1.82, 2.24) is 0 Å².